The molecule has 2 aliphatic heterocycles. The van der Waals surface area contributed by atoms with E-state index in [1.807, 2.05) is 36.1 Å². The second-order valence-electron chi connectivity index (χ2n) is 8.88. The first-order valence-corrected chi connectivity index (χ1v) is 10.8. The number of amides is 2. The molecule has 1 unspecified atom stereocenters. The summed E-state index contributed by atoms with van der Waals surface area (Å²) in [5.74, 6) is 1.17. The maximum absolute atomic E-state index is 12.9. The number of likely N-dealkylation sites (tertiary alicyclic amines) is 1. The molecule has 1 aromatic carbocycles. The standard InChI is InChI=1S/C22H31ClN4O2/c1-15(2)13-22(3)20(29)27(21(24)25-22)14-17-8-10-26(11-9-17)19(28)12-16-4-6-18(23)7-5-16/h4-7,15,17H,8-14H2,1-3H3,(H2,24,25). The van der Waals surface area contributed by atoms with E-state index in [1.54, 1.807) is 4.90 Å². The van der Waals surface area contributed by atoms with Crippen molar-refractivity contribution < 1.29 is 9.59 Å². The lowest BCUT2D eigenvalue weighted by atomic mass is 9.90. The molecule has 1 atom stereocenters. The summed E-state index contributed by atoms with van der Waals surface area (Å²) in [7, 11) is 0. The lowest BCUT2D eigenvalue weighted by molar-refractivity contribution is -0.134. The number of benzene rings is 1. The minimum Gasteiger partial charge on any atom is -0.369 e. The number of nitrogens with two attached hydrogens (primary N) is 1. The van der Waals surface area contributed by atoms with Gasteiger partial charge in [0.1, 0.15) is 5.54 Å². The lowest BCUT2D eigenvalue weighted by Gasteiger charge is -2.34. The molecule has 2 aliphatic rings. The van der Waals surface area contributed by atoms with E-state index in [0.717, 1.165) is 18.4 Å². The number of nitrogens with zero attached hydrogens (tertiary/aromatic N) is 3. The number of hydrogen-bond donors (Lipinski definition) is 1. The summed E-state index contributed by atoms with van der Waals surface area (Å²) in [6.45, 7) is 8.05. The normalized spacial score (nSPS) is 23.1. The lowest BCUT2D eigenvalue weighted by Crippen LogP contribution is -2.48. The van der Waals surface area contributed by atoms with Gasteiger partial charge in [0.2, 0.25) is 5.91 Å². The Balaban J connectivity index is 1.51. The smallest absolute Gasteiger partial charge is 0.257 e. The van der Waals surface area contributed by atoms with Crippen molar-refractivity contribution in [2.45, 2.75) is 52.0 Å². The molecule has 2 heterocycles. The Hall–Kier alpha value is -2.08. The largest absolute Gasteiger partial charge is 0.369 e. The van der Waals surface area contributed by atoms with Gasteiger partial charge in [0.15, 0.2) is 5.96 Å². The van der Waals surface area contributed by atoms with Crippen molar-refractivity contribution >= 4 is 29.4 Å². The number of guanidine groups is 1. The van der Waals surface area contributed by atoms with E-state index in [2.05, 4.69) is 18.8 Å². The molecule has 0 radical (unpaired) electrons. The van der Waals surface area contributed by atoms with Crippen LogP contribution in [0.5, 0.6) is 0 Å². The van der Waals surface area contributed by atoms with Gasteiger partial charge in [-0.05, 0) is 55.7 Å². The summed E-state index contributed by atoms with van der Waals surface area (Å²) in [4.78, 5) is 33.5. The van der Waals surface area contributed by atoms with Crippen molar-refractivity contribution in [3.8, 4) is 0 Å². The quantitative estimate of drug-likeness (QED) is 0.770. The number of rotatable bonds is 6. The molecule has 0 spiro atoms. The molecule has 158 valence electrons. The van der Waals surface area contributed by atoms with Crippen molar-refractivity contribution in [2.75, 3.05) is 19.6 Å². The van der Waals surface area contributed by atoms with E-state index in [1.165, 1.54) is 0 Å². The maximum Gasteiger partial charge on any atom is 0.257 e. The molecule has 1 fully saturated rings. The van der Waals surface area contributed by atoms with Gasteiger partial charge in [-0.3, -0.25) is 14.5 Å². The van der Waals surface area contributed by atoms with E-state index >= 15 is 0 Å². The fourth-order valence-electron chi connectivity index (χ4n) is 4.37. The van der Waals surface area contributed by atoms with E-state index < -0.39 is 5.54 Å². The van der Waals surface area contributed by atoms with Crippen molar-refractivity contribution in [3.63, 3.8) is 0 Å². The molecule has 6 nitrogen and oxygen atoms in total. The van der Waals surface area contributed by atoms with Crippen molar-refractivity contribution in [3.05, 3.63) is 34.9 Å². The van der Waals surface area contributed by atoms with Gasteiger partial charge < -0.3 is 10.6 Å². The first kappa shape index (κ1) is 21.6. The SMILES string of the molecule is CC(C)CC1(C)N=C(N)N(CC2CCN(C(=O)Cc3ccc(Cl)cc3)CC2)C1=O. The second-order valence-corrected chi connectivity index (χ2v) is 9.32. The van der Waals surface area contributed by atoms with Gasteiger partial charge in [0.25, 0.3) is 5.91 Å². The predicted octanol–water partition coefficient (Wildman–Crippen LogP) is 3.08. The summed E-state index contributed by atoms with van der Waals surface area (Å²) >= 11 is 5.90. The minimum absolute atomic E-state index is 0.00458. The number of hydrogen-bond acceptors (Lipinski definition) is 4. The third-order valence-corrected chi connectivity index (χ3v) is 6.08. The van der Waals surface area contributed by atoms with E-state index in [0.29, 0.717) is 55.3 Å². The molecular formula is C22H31ClN4O2. The zero-order valence-corrected chi connectivity index (χ0v) is 18.3. The second kappa shape index (κ2) is 8.74. The highest BCUT2D eigenvalue weighted by molar-refractivity contribution is 6.30. The number of aliphatic imine (C=N–C) groups is 1. The van der Waals surface area contributed by atoms with Gasteiger partial charge in [0, 0.05) is 24.7 Å². The van der Waals surface area contributed by atoms with Gasteiger partial charge in [-0.1, -0.05) is 37.6 Å². The summed E-state index contributed by atoms with van der Waals surface area (Å²) in [5, 5.41) is 0.672. The Kier molecular flexibility index (Phi) is 6.52. The van der Waals surface area contributed by atoms with Crippen LogP contribution in [0.1, 0.15) is 45.6 Å². The fraction of sp³-hybridized carbons (Fsp3) is 0.591. The van der Waals surface area contributed by atoms with Crippen LogP contribution in [0.4, 0.5) is 0 Å². The number of halogens is 1. The topological polar surface area (TPSA) is 79.0 Å². The van der Waals surface area contributed by atoms with Crippen LogP contribution in [0.25, 0.3) is 0 Å². The molecule has 0 bridgehead atoms. The van der Waals surface area contributed by atoms with E-state index in [4.69, 9.17) is 17.3 Å². The molecule has 2 N–H and O–H groups in total. The monoisotopic (exact) mass is 418 g/mol. The van der Waals surface area contributed by atoms with Gasteiger partial charge in [0.05, 0.1) is 6.42 Å². The van der Waals surface area contributed by atoms with Crippen LogP contribution in [-0.2, 0) is 16.0 Å². The van der Waals surface area contributed by atoms with Crippen LogP contribution >= 0.6 is 11.6 Å². The Morgan fingerprint density at radius 2 is 1.90 bits per heavy atom. The molecule has 0 aromatic heterocycles. The molecule has 7 heteroatoms. The average molecular weight is 419 g/mol. The number of carbonyl (C=O) groups is 2. The molecule has 3 rings (SSSR count). The van der Waals surface area contributed by atoms with Crippen molar-refractivity contribution in [2.24, 2.45) is 22.6 Å². The van der Waals surface area contributed by atoms with Gasteiger partial charge in [-0.2, -0.15) is 0 Å². The van der Waals surface area contributed by atoms with Crippen molar-refractivity contribution in [1.82, 2.24) is 9.80 Å². The Bertz CT molecular complexity index is 785. The van der Waals surface area contributed by atoms with E-state index in [-0.39, 0.29) is 11.8 Å². The predicted molar refractivity (Wildman–Crippen MR) is 116 cm³/mol. The van der Waals surface area contributed by atoms with Crippen LogP contribution in [0, 0.1) is 11.8 Å². The molecule has 0 saturated carbocycles. The van der Waals surface area contributed by atoms with Crippen LogP contribution in [-0.4, -0.2) is 52.7 Å². The van der Waals surface area contributed by atoms with Crippen LogP contribution < -0.4 is 5.73 Å². The third kappa shape index (κ3) is 5.10. The van der Waals surface area contributed by atoms with Crippen LogP contribution in [0.2, 0.25) is 5.02 Å². The fourth-order valence-corrected chi connectivity index (χ4v) is 4.50. The summed E-state index contributed by atoms with van der Waals surface area (Å²) in [5.41, 5.74) is 6.32. The zero-order valence-electron chi connectivity index (χ0n) is 17.5. The third-order valence-electron chi connectivity index (χ3n) is 5.83. The first-order valence-electron chi connectivity index (χ1n) is 10.4. The highest BCUT2D eigenvalue weighted by Crippen LogP contribution is 2.30. The molecule has 0 aliphatic carbocycles. The molecule has 1 saturated heterocycles. The summed E-state index contributed by atoms with van der Waals surface area (Å²) in [6.07, 6.45) is 2.81. The Morgan fingerprint density at radius 1 is 1.28 bits per heavy atom. The van der Waals surface area contributed by atoms with Crippen LogP contribution in [0.3, 0.4) is 0 Å². The molecule has 1 aromatic rings. The van der Waals surface area contributed by atoms with Crippen LogP contribution in [0.15, 0.2) is 29.3 Å². The summed E-state index contributed by atoms with van der Waals surface area (Å²) in [6, 6.07) is 7.40. The first-order chi connectivity index (χ1) is 13.7. The molecular weight excluding hydrogens is 388 g/mol. The van der Waals surface area contributed by atoms with E-state index in [9.17, 15) is 9.59 Å². The zero-order chi connectivity index (χ0) is 21.2. The summed E-state index contributed by atoms with van der Waals surface area (Å²) < 4.78 is 0. The van der Waals surface area contributed by atoms with Gasteiger partial charge >= 0.3 is 0 Å². The molecule has 2 amide bonds. The number of piperidine rings is 1. The highest BCUT2D eigenvalue weighted by Gasteiger charge is 2.44. The average Bonchev–Trinajstić information content (AvgIpc) is 2.86. The van der Waals surface area contributed by atoms with Gasteiger partial charge in [-0.25, -0.2) is 4.99 Å². The maximum atomic E-state index is 12.9. The Labute approximate surface area is 178 Å². The molecule has 29 heavy (non-hydrogen) atoms. The Morgan fingerprint density at radius 3 is 2.48 bits per heavy atom. The van der Waals surface area contributed by atoms with Gasteiger partial charge in [-0.15, -0.1) is 0 Å². The highest BCUT2D eigenvalue weighted by atomic mass is 35.5. The van der Waals surface area contributed by atoms with Crippen molar-refractivity contribution in [1.29, 1.82) is 0 Å². The minimum atomic E-state index is -0.743. The number of carbonyl (C=O) groups excluding carboxylic acids is 2.